The first-order valence-electron chi connectivity index (χ1n) is 8.98. The molecule has 0 N–H and O–H groups in total. The van der Waals surface area contributed by atoms with Gasteiger partial charge >= 0.3 is 0 Å². The molecule has 26 heavy (non-hydrogen) atoms. The fourth-order valence-corrected chi connectivity index (χ4v) is 3.54. The van der Waals surface area contributed by atoms with Gasteiger partial charge in [0.2, 0.25) is 5.91 Å². The van der Waals surface area contributed by atoms with Crippen LogP contribution in [0.4, 0.5) is 0 Å². The SMILES string of the molecule is Cc1cc(C)n(CC(=O)N2CCN(Cc3ccc(C#N)cc3)CC2C)n1. The van der Waals surface area contributed by atoms with Crippen molar-refractivity contribution in [3.05, 3.63) is 52.8 Å². The summed E-state index contributed by atoms with van der Waals surface area (Å²) in [6.45, 7) is 9.61. The predicted octanol–water partition coefficient (Wildman–Crippen LogP) is 2.10. The van der Waals surface area contributed by atoms with E-state index < -0.39 is 0 Å². The molecule has 136 valence electrons. The summed E-state index contributed by atoms with van der Waals surface area (Å²) < 4.78 is 1.79. The molecular formula is C20H25N5O. The zero-order valence-electron chi connectivity index (χ0n) is 15.6. The number of amides is 1. The molecule has 0 aliphatic carbocycles. The third-order valence-corrected chi connectivity index (χ3v) is 4.91. The maximum atomic E-state index is 12.7. The van der Waals surface area contributed by atoms with Crippen molar-refractivity contribution in [2.45, 2.75) is 39.9 Å². The first kappa shape index (κ1) is 18.2. The minimum atomic E-state index is 0.127. The van der Waals surface area contributed by atoms with Gasteiger partial charge in [-0.05, 0) is 44.5 Å². The van der Waals surface area contributed by atoms with Crippen molar-refractivity contribution in [1.29, 1.82) is 5.26 Å². The Hall–Kier alpha value is -2.65. The van der Waals surface area contributed by atoms with Gasteiger partial charge in [-0.25, -0.2) is 0 Å². The van der Waals surface area contributed by atoms with Crippen LogP contribution in [-0.2, 0) is 17.9 Å². The molecule has 1 aliphatic rings. The van der Waals surface area contributed by atoms with E-state index in [4.69, 9.17) is 5.26 Å². The standard InChI is InChI=1S/C20H25N5O/c1-15-10-16(2)25(22-15)14-20(26)24-9-8-23(12-17(24)3)13-19-6-4-18(11-21)5-7-19/h4-7,10,17H,8-9,12-14H2,1-3H3. The average molecular weight is 351 g/mol. The molecule has 3 rings (SSSR count). The van der Waals surface area contributed by atoms with Gasteiger partial charge in [0, 0.05) is 37.9 Å². The van der Waals surface area contributed by atoms with Gasteiger partial charge in [-0.15, -0.1) is 0 Å². The van der Waals surface area contributed by atoms with Crippen LogP contribution in [0.3, 0.4) is 0 Å². The number of benzene rings is 1. The Morgan fingerprint density at radius 2 is 2.00 bits per heavy atom. The number of carbonyl (C=O) groups is 1. The van der Waals surface area contributed by atoms with Crippen LogP contribution >= 0.6 is 0 Å². The maximum Gasteiger partial charge on any atom is 0.244 e. The van der Waals surface area contributed by atoms with Gasteiger partial charge in [-0.2, -0.15) is 10.4 Å². The van der Waals surface area contributed by atoms with Gasteiger partial charge in [0.1, 0.15) is 6.54 Å². The van der Waals surface area contributed by atoms with Crippen LogP contribution in [0.5, 0.6) is 0 Å². The van der Waals surface area contributed by atoms with Crippen molar-refractivity contribution in [2.75, 3.05) is 19.6 Å². The zero-order valence-corrected chi connectivity index (χ0v) is 15.6. The Labute approximate surface area is 154 Å². The van der Waals surface area contributed by atoms with E-state index in [0.717, 1.165) is 37.6 Å². The van der Waals surface area contributed by atoms with Gasteiger partial charge < -0.3 is 4.90 Å². The van der Waals surface area contributed by atoms with E-state index in [1.54, 1.807) is 4.68 Å². The largest absolute Gasteiger partial charge is 0.336 e. The molecule has 1 aromatic heterocycles. The molecule has 1 aliphatic heterocycles. The molecule has 0 saturated carbocycles. The first-order chi connectivity index (χ1) is 12.5. The number of rotatable bonds is 4. The Morgan fingerprint density at radius 3 is 2.58 bits per heavy atom. The molecule has 0 radical (unpaired) electrons. The van der Waals surface area contributed by atoms with Crippen molar-refractivity contribution >= 4 is 5.91 Å². The normalized spacial score (nSPS) is 17.9. The van der Waals surface area contributed by atoms with E-state index in [-0.39, 0.29) is 11.9 Å². The zero-order chi connectivity index (χ0) is 18.7. The van der Waals surface area contributed by atoms with Gasteiger partial charge in [-0.3, -0.25) is 14.4 Å². The Kier molecular flexibility index (Phi) is 5.38. The Bertz CT molecular complexity index is 818. The van der Waals surface area contributed by atoms with Gasteiger partial charge in [0.15, 0.2) is 0 Å². The molecule has 1 saturated heterocycles. The molecule has 1 amide bonds. The van der Waals surface area contributed by atoms with E-state index in [9.17, 15) is 4.79 Å². The summed E-state index contributed by atoms with van der Waals surface area (Å²) in [5.41, 5.74) is 3.83. The molecule has 1 unspecified atom stereocenters. The number of hydrogen-bond acceptors (Lipinski definition) is 4. The lowest BCUT2D eigenvalue weighted by Gasteiger charge is -2.40. The van der Waals surface area contributed by atoms with Crippen molar-refractivity contribution in [1.82, 2.24) is 19.6 Å². The van der Waals surface area contributed by atoms with Gasteiger partial charge in [0.25, 0.3) is 0 Å². The highest BCUT2D eigenvalue weighted by Crippen LogP contribution is 2.15. The summed E-state index contributed by atoms with van der Waals surface area (Å²) in [6, 6.07) is 12.0. The predicted molar refractivity (Wildman–Crippen MR) is 99.3 cm³/mol. The number of aryl methyl sites for hydroxylation is 2. The van der Waals surface area contributed by atoms with E-state index in [2.05, 4.69) is 23.0 Å². The molecule has 1 fully saturated rings. The Morgan fingerprint density at radius 1 is 1.27 bits per heavy atom. The van der Waals surface area contributed by atoms with Crippen LogP contribution in [0.2, 0.25) is 0 Å². The number of nitriles is 1. The number of hydrogen-bond donors (Lipinski definition) is 0. The summed E-state index contributed by atoms with van der Waals surface area (Å²) >= 11 is 0. The third-order valence-electron chi connectivity index (χ3n) is 4.91. The van der Waals surface area contributed by atoms with E-state index in [1.165, 1.54) is 5.56 Å². The van der Waals surface area contributed by atoms with E-state index in [0.29, 0.717) is 12.1 Å². The van der Waals surface area contributed by atoms with Crippen molar-refractivity contribution < 1.29 is 4.79 Å². The lowest BCUT2D eigenvalue weighted by atomic mass is 10.1. The Balaban J connectivity index is 1.56. The number of nitrogens with zero attached hydrogens (tertiary/aromatic N) is 5. The number of carbonyl (C=O) groups excluding carboxylic acids is 1. The summed E-state index contributed by atoms with van der Waals surface area (Å²) in [7, 11) is 0. The monoisotopic (exact) mass is 351 g/mol. The second-order valence-electron chi connectivity index (χ2n) is 7.06. The van der Waals surface area contributed by atoms with Crippen LogP contribution in [-0.4, -0.2) is 51.2 Å². The maximum absolute atomic E-state index is 12.7. The highest BCUT2D eigenvalue weighted by atomic mass is 16.2. The fourth-order valence-electron chi connectivity index (χ4n) is 3.54. The second kappa shape index (κ2) is 7.71. The molecule has 2 aromatic rings. The summed E-state index contributed by atoms with van der Waals surface area (Å²) in [4.78, 5) is 17.0. The van der Waals surface area contributed by atoms with Crippen molar-refractivity contribution in [3.63, 3.8) is 0 Å². The van der Waals surface area contributed by atoms with Crippen LogP contribution in [0.1, 0.15) is 29.4 Å². The molecule has 2 heterocycles. The van der Waals surface area contributed by atoms with Crippen LogP contribution in [0.25, 0.3) is 0 Å². The van der Waals surface area contributed by atoms with Crippen LogP contribution < -0.4 is 0 Å². The van der Waals surface area contributed by atoms with Crippen molar-refractivity contribution in [3.8, 4) is 6.07 Å². The molecule has 0 spiro atoms. The van der Waals surface area contributed by atoms with Gasteiger partial charge in [0.05, 0.1) is 17.3 Å². The molecule has 1 atom stereocenters. The smallest absolute Gasteiger partial charge is 0.244 e. The topological polar surface area (TPSA) is 65.2 Å². The molecule has 1 aromatic carbocycles. The van der Waals surface area contributed by atoms with Crippen molar-refractivity contribution in [2.24, 2.45) is 0 Å². The van der Waals surface area contributed by atoms with E-state index in [1.807, 2.05) is 49.1 Å². The van der Waals surface area contributed by atoms with Crippen LogP contribution in [0.15, 0.2) is 30.3 Å². The fraction of sp³-hybridized carbons (Fsp3) is 0.450. The lowest BCUT2D eigenvalue weighted by Crippen LogP contribution is -2.54. The molecule has 6 heteroatoms. The van der Waals surface area contributed by atoms with E-state index >= 15 is 0 Å². The lowest BCUT2D eigenvalue weighted by molar-refractivity contribution is -0.136. The average Bonchev–Trinajstić information content (AvgIpc) is 2.92. The second-order valence-corrected chi connectivity index (χ2v) is 7.06. The first-order valence-corrected chi connectivity index (χ1v) is 8.98. The minimum Gasteiger partial charge on any atom is -0.336 e. The third kappa shape index (κ3) is 4.12. The number of piperazine rings is 1. The van der Waals surface area contributed by atoms with Crippen LogP contribution in [0, 0.1) is 25.2 Å². The summed E-state index contributed by atoms with van der Waals surface area (Å²) in [5.74, 6) is 0.127. The highest BCUT2D eigenvalue weighted by molar-refractivity contribution is 5.76. The minimum absolute atomic E-state index is 0.127. The van der Waals surface area contributed by atoms with Gasteiger partial charge in [-0.1, -0.05) is 12.1 Å². The quantitative estimate of drug-likeness (QED) is 0.846. The molecule has 0 bridgehead atoms. The summed E-state index contributed by atoms with van der Waals surface area (Å²) in [6.07, 6.45) is 0. The summed E-state index contributed by atoms with van der Waals surface area (Å²) in [5, 5.41) is 13.3. The molecular weight excluding hydrogens is 326 g/mol. The number of aromatic nitrogens is 2. The molecule has 6 nitrogen and oxygen atoms in total. The highest BCUT2D eigenvalue weighted by Gasteiger charge is 2.27.